The molecule has 2 aromatic rings. The Kier molecular flexibility index (Phi) is 9.05. The van der Waals surface area contributed by atoms with Gasteiger partial charge in [-0.2, -0.15) is 0 Å². The normalized spacial score (nSPS) is 12.2. The van der Waals surface area contributed by atoms with E-state index in [2.05, 4.69) is 5.32 Å². The molecule has 0 unspecified atom stereocenters. The highest BCUT2D eigenvalue weighted by Gasteiger charge is 2.30. The Morgan fingerprint density at radius 1 is 1.03 bits per heavy atom. The van der Waals surface area contributed by atoms with E-state index in [9.17, 15) is 18.0 Å². The molecule has 33 heavy (non-hydrogen) atoms. The lowest BCUT2D eigenvalue weighted by Gasteiger charge is -2.32. The van der Waals surface area contributed by atoms with Crippen LogP contribution in [0.25, 0.3) is 0 Å². The van der Waals surface area contributed by atoms with E-state index in [4.69, 9.17) is 0 Å². The molecule has 1 N–H and O–H groups in total. The monoisotopic (exact) mass is 473 g/mol. The Morgan fingerprint density at radius 3 is 2.30 bits per heavy atom. The summed E-state index contributed by atoms with van der Waals surface area (Å²) in [5, 5.41) is 2.83. The topological polar surface area (TPSA) is 86.8 Å². The molecule has 1 atom stereocenters. The number of anilines is 1. The number of hydrogen-bond acceptors (Lipinski definition) is 4. The van der Waals surface area contributed by atoms with Crippen molar-refractivity contribution in [3.8, 4) is 0 Å². The van der Waals surface area contributed by atoms with Gasteiger partial charge in [-0.15, -0.1) is 0 Å². The van der Waals surface area contributed by atoms with Gasteiger partial charge in [-0.05, 0) is 56.9 Å². The number of hydrogen-bond donors (Lipinski definition) is 1. The number of carbonyl (C=O) groups excluding carboxylic acids is 2. The van der Waals surface area contributed by atoms with Gasteiger partial charge in [0.15, 0.2) is 0 Å². The van der Waals surface area contributed by atoms with Crippen molar-refractivity contribution < 1.29 is 18.0 Å². The summed E-state index contributed by atoms with van der Waals surface area (Å²) < 4.78 is 26.5. The van der Waals surface area contributed by atoms with Crippen LogP contribution in [-0.4, -0.2) is 50.5 Å². The fourth-order valence-electron chi connectivity index (χ4n) is 3.57. The number of rotatable bonds is 10. The van der Waals surface area contributed by atoms with E-state index in [1.807, 2.05) is 64.1 Å². The molecule has 0 saturated carbocycles. The number of nitrogens with one attached hydrogen (secondary N) is 1. The van der Waals surface area contributed by atoms with E-state index in [1.165, 1.54) is 4.90 Å². The van der Waals surface area contributed by atoms with E-state index < -0.39 is 22.0 Å². The third-order valence-electron chi connectivity index (χ3n) is 5.46. The van der Waals surface area contributed by atoms with Crippen LogP contribution in [0.15, 0.2) is 42.5 Å². The lowest BCUT2D eigenvalue weighted by atomic mass is 10.1. The number of nitrogens with zero attached hydrogens (tertiary/aromatic N) is 2. The van der Waals surface area contributed by atoms with Crippen molar-refractivity contribution in [3.63, 3.8) is 0 Å². The lowest BCUT2D eigenvalue weighted by Crippen LogP contribution is -2.51. The van der Waals surface area contributed by atoms with E-state index in [0.717, 1.165) is 39.2 Å². The van der Waals surface area contributed by atoms with Crippen molar-refractivity contribution in [2.24, 2.45) is 0 Å². The second-order valence-electron chi connectivity index (χ2n) is 8.54. The lowest BCUT2D eigenvalue weighted by molar-refractivity contribution is -0.139. The van der Waals surface area contributed by atoms with Gasteiger partial charge in [0.05, 0.1) is 11.9 Å². The zero-order chi connectivity index (χ0) is 24.8. The van der Waals surface area contributed by atoms with Gasteiger partial charge < -0.3 is 10.2 Å². The molecule has 0 spiro atoms. The molecule has 0 aliphatic carbocycles. The molecule has 0 fully saturated rings. The molecule has 0 aliphatic heterocycles. The summed E-state index contributed by atoms with van der Waals surface area (Å²) in [6, 6.07) is 12.4. The maximum Gasteiger partial charge on any atom is 0.244 e. The highest BCUT2D eigenvalue weighted by Crippen LogP contribution is 2.24. The van der Waals surface area contributed by atoms with Gasteiger partial charge in [0.2, 0.25) is 21.8 Å². The van der Waals surface area contributed by atoms with E-state index in [1.54, 1.807) is 13.0 Å². The zero-order valence-corrected chi connectivity index (χ0v) is 21.2. The third kappa shape index (κ3) is 7.32. The van der Waals surface area contributed by atoms with Gasteiger partial charge in [-0.25, -0.2) is 8.42 Å². The maximum absolute atomic E-state index is 13.5. The van der Waals surface area contributed by atoms with Crippen molar-refractivity contribution in [1.82, 2.24) is 10.2 Å². The molecule has 0 saturated heterocycles. The summed E-state index contributed by atoms with van der Waals surface area (Å²) >= 11 is 0. The van der Waals surface area contributed by atoms with Crippen LogP contribution in [-0.2, 0) is 26.2 Å². The van der Waals surface area contributed by atoms with Crippen molar-refractivity contribution in [1.29, 1.82) is 0 Å². The van der Waals surface area contributed by atoms with Crippen LogP contribution in [0.2, 0.25) is 0 Å². The SMILES string of the molecule is CCCNC(=O)[C@H](C)N(Cc1cccc(C)c1)C(=O)CN(c1cc(C)ccc1C)S(C)(=O)=O. The Morgan fingerprint density at radius 2 is 1.70 bits per heavy atom. The minimum absolute atomic E-state index is 0.200. The van der Waals surface area contributed by atoms with Gasteiger partial charge in [0, 0.05) is 13.1 Å². The van der Waals surface area contributed by atoms with Gasteiger partial charge in [0.1, 0.15) is 12.6 Å². The van der Waals surface area contributed by atoms with Crippen molar-refractivity contribution in [2.75, 3.05) is 23.7 Å². The summed E-state index contributed by atoms with van der Waals surface area (Å²) in [5.41, 5.74) is 4.01. The Balaban J connectivity index is 2.42. The maximum atomic E-state index is 13.5. The molecule has 2 amide bonds. The molecular weight excluding hydrogens is 438 g/mol. The highest BCUT2D eigenvalue weighted by molar-refractivity contribution is 7.92. The van der Waals surface area contributed by atoms with Gasteiger partial charge in [0.25, 0.3) is 0 Å². The number of amides is 2. The molecule has 0 bridgehead atoms. The summed E-state index contributed by atoms with van der Waals surface area (Å²) in [5.74, 6) is -0.711. The second-order valence-corrected chi connectivity index (χ2v) is 10.4. The Bertz CT molecular complexity index is 1100. The van der Waals surface area contributed by atoms with E-state index in [-0.39, 0.29) is 19.0 Å². The van der Waals surface area contributed by atoms with Gasteiger partial charge in [-0.3, -0.25) is 13.9 Å². The zero-order valence-electron chi connectivity index (χ0n) is 20.4. The van der Waals surface area contributed by atoms with Crippen molar-refractivity contribution in [3.05, 3.63) is 64.7 Å². The van der Waals surface area contributed by atoms with Crippen molar-refractivity contribution in [2.45, 2.75) is 53.6 Å². The highest BCUT2D eigenvalue weighted by atomic mass is 32.2. The molecule has 0 heterocycles. The number of carbonyl (C=O) groups is 2. The molecule has 2 rings (SSSR count). The molecule has 0 aliphatic rings. The van der Waals surface area contributed by atoms with E-state index >= 15 is 0 Å². The molecule has 180 valence electrons. The average molecular weight is 474 g/mol. The van der Waals surface area contributed by atoms with Gasteiger partial charge >= 0.3 is 0 Å². The third-order valence-corrected chi connectivity index (χ3v) is 6.59. The van der Waals surface area contributed by atoms with Crippen LogP contribution >= 0.6 is 0 Å². The fourth-order valence-corrected chi connectivity index (χ4v) is 4.47. The first-order valence-corrected chi connectivity index (χ1v) is 13.0. The van der Waals surface area contributed by atoms with Crippen LogP contribution < -0.4 is 9.62 Å². The molecular formula is C25H35N3O4S. The first-order valence-electron chi connectivity index (χ1n) is 11.1. The number of sulfonamides is 1. The number of benzene rings is 2. The van der Waals surface area contributed by atoms with Crippen LogP contribution in [0.1, 0.15) is 42.5 Å². The molecule has 2 aromatic carbocycles. The van der Waals surface area contributed by atoms with Crippen molar-refractivity contribution >= 4 is 27.5 Å². The molecule has 0 aromatic heterocycles. The first-order chi connectivity index (χ1) is 15.4. The molecule has 7 nitrogen and oxygen atoms in total. The number of aryl methyl sites for hydroxylation is 3. The smallest absolute Gasteiger partial charge is 0.244 e. The Labute approximate surface area is 197 Å². The average Bonchev–Trinajstić information content (AvgIpc) is 2.74. The summed E-state index contributed by atoms with van der Waals surface area (Å²) in [6.07, 6.45) is 1.86. The molecule has 0 radical (unpaired) electrons. The summed E-state index contributed by atoms with van der Waals surface area (Å²) in [4.78, 5) is 27.7. The predicted molar refractivity (Wildman–Crippen MR) is 133 cm³/mol. The minimum Gasteiger partial charge on any atom is -0.354 e. The van der Waals surface area contributed by atoms with Crippen LogP contribution in [0, 0.1) is 20.8 Å². The molecule has 8 heteroatoms. The summed E-state index contributed by atoms with van der Waals surface area (Å²) in [7, 11) is -3.74. The second kappa shape index (κ2) is 11.3. The van der Waals surface area contributed by atoms with Gasteiger partial charge in [-0.1, -0.05) is 48.9 Å². The Hall–Kier alpha value is -2.87. The largest absolute Gasteiger partial charge is 0.354 e. The van der Waals surface area contributed by atoms with Crippen LogP contribution in [0.4, 0.5) is 5.69 Å². The quantitative estimate of drug-likeness (QED) is 0.574. The summed E-state index contributed by atoms with van der Waals surface area (Å²) in [6.45, 7) is 9.58. The first kappa shape index (κ1) is 26.4. The standard InChI is InChI=1S/C25H35N3O4S/c1-7-13-26-25(30)21(5)27(16-22-10-8-9-18(2)14-22)24(29)17-28(33(6,31)32)23-15-19(3)11-12-20(23)4/h8-12,14-15,21H,7,13,16-17H2,1-6H3,(H,26,30)/t21-/m0/s1. The van der Waals surface area contributed by atoms with Crippen LogP contribution in [0.3, 0.4) is 0 Å². The van der Waals surface area contributed by atoms with E-state index in [0.29, 0.717) is 12.2 Å². The predicted octanol–water partition coefficient (Wildman–Crippen LogP) is 3.32. The fraction of sp³-hybridized carbons (Fsp3) is 0.440. The minimum atomic E-state index is -3.74. The van der Waals surface area contributed by atoms with Crippen LogP contribution in [0.5, 0.6) is 0 Å².